The second-order valence-electron chi connectivity index (χ2n) is 8.75. The average Bonchev–Trinajstić information content (AvgIpc) is 2.70. The van der Waals surface area contributed by atoms with Crippen molar-refractivity contribution in [3.05, 3.63) is 0 Å². The molecule has 0 radical (unpaired) electrons. The summed E-state index contributed by atoms with van der Waals surface area (Å²) in [5, 5.41) is 0. The van der Waals surface area contributed by atoms with Crippen LogP contribution in [-0.2, 0) is 18.3 Å². The van der Waals surface area contributed by atoms with Crippen molar-refractivity contribution >= 4 is 31.4 Å². The molecule has 0 amide bonds. The van der Waals surface area contributed by atoms with Gasteiger partial charge in [0.15, 0.2) is 0 Å². The van der Waals surface area contributed by atoms with E-state index in [-0.39, 0.29) is 0 Å². The van der Waals surface area contributed by atoms with Gasteiger partial charge in [0.2, 0.25) is 0 Å². The Bertz CT molecular complexity index is 392. The predicted octanol–water partition coefficient (Wildman–Crippen LogP) is 7.70. The first-order chi connectivity index (χ1) is 12.7. The van der Waals surface area contributed by atoms with Gasteiger partial charge in [-0.3, -0.25) is 0 Å². The van der Waals surface area contributed by atoms with E-state index in [1.54, 1.807) is 4.80 Å². The fraction of sp³-hybridized carbons (Fsp3) is 0.952. The van der Waals surface area contributed by atoms with Crippen molar-refractivity contribution in [1.29, 1.82) is 0 Å². The molecule has 0 bridgehead atoms. The molecule has 3 aliphatic carbocycles. The van der Waals surface area contributed by atoms with Crippen LogP contribution in [0.25, 0.3) is 0 Å². The number of ether oxygens (including phenoxy) is 1. The Morgan fingerprint density at radius 1 is 0.692 bits per heavy atom. The third-order valence-corrected chi connectivity index (χ3v) is 15.4. The molecule has 154 valence electrons. The van der Waals surface area contributed by atoms with Crippen LogP contribution in [0, 0.1) is 0 Å². The summed E-state index contributed by atoms with van der Waals surface area (Å²) < 4.78 is 5.93. The molecule has 3 rings (SSSR count). The van der Waals surface area contributed by atoms with Gasteiger partial charge in [-0.2, -0.15) is 0 Å². The molecule has 0 aromatic heterocycles. The van der Waals surface area contributed by atoms with E-state index in [1.807, 2.05) is 0 Å². The van der Waals surface area contributed by atoms with Gasteiger partial charge in [-0.15, -0.1) is 0 Å². The molecule has 3 aliphatic rings. The summed E-state index contributed by atoms with van der Waals surface area (Å²) in [6.07, 6.45) is 23.8. The van der Waals surface area contributed by atoms with Crippen molar-refractivity contribution in [2.24, 2.45) is 0 Å². The summed E-state index contributed by atoms with van der Waals surface area (Å²) in [6, 6.07) is 0. The molecule has 0 saturated heterocycles. The molecule has 3 saturated carbocycles. The first kappa shape index (κ1) is 22.2. The molecule has 0 heterocycles. The van der Waals surface area contributed by atoms with E-state index in [0.29, 0.717) is 0 Å². The van der Waals surface area contributed by atoms with Crippen LogP contribution in [0.15, 0.2) is 0 Å². The fourth-order valence-electron chi connectivity index (χ4n) is 6.42. The zero-order chi connectivity index (χ0) is 18.2. The van der Waals surface area contributed by atoms with E-state index in [0.717, 1.165) is 23.6 Å². The normalized spacial score (nSPS) is 25.2. The van der Waals surface area contributed by atoms with Crippen LogP contribution in [0.3, 0.4) is 0 Å². The van der Waals surface area contributed by atoms with Crippen LogP contribution in [0.4, 0.5) is 0 Å². The maximum absolute atomic E-state index is 6.01. The molecule has 0 aromatic rings. The Hall–Kier alpha value is 1.46. The average molecular weight is 509 g/mol. The van der Waals surface area contributed by atoms with E-state index in [2.05, 4.69) is 0 Å². The summed E-state index contributed by atoms with van der Waals surface area (Å²) in [4.78, 5) is 1.78. The SMILES string of the molecule is [Cl][Ru]([Cl])=[CH]OCC[P+](C1CCCCC1)(C1CCCCC1)C1CCCCC1. The van der Waals surface area contributed by atoms with Crippen molar-refractivity contribution in [2.45, 2.75) is 113 Å². The van der Waals surface area contributed by atoms with Gasteiger partial charge >= 0.3 is 176 Å². The first-order valence-electron chi connectivity index (χ1n) is 11.0. The van der Waals surface area contributed by atoms with Crippen LogP contribution in [0.5, 0.6) is 0 Å². The number of rotatable bonds is 7. The Kier molecular flexibility index (Phi) is 9.88. The summed E-state index contributed by atoms with van der Waals surface area (Å²) in [5.74, 6) is 0. The third-order valence-electron chi connectivity index (χ3n) is 7.48. The fourth-order valence-corrected chi connectivity index (χ4v) is 14.7. The van der Waals surface area contributed by atoms with E-state index in [4.69, 9.17) is 24.1 Å². The molecular formula is C21H38Cl2OPRu+. The van der Waals surface area contributed by atoms with Crippen LogP contribution in [-0.4, -0.2) is 34.5 Å². The van der Waals surface area contributed by atoms with Crippen molar-refractivity contribution in [1.82, 2.24) is 0 Å². The molecule has 0 aliphatic heterocycles. The van der Waals surface area contributed by atoms with Crippen LogP contribution in [0.2, 0.25) is 0 Å². The first-order valence-corrected chi connectivity index (χ1v) is 18.7. The van der Waals surface area contributed by atoms with Crippen molar-refractivity contribution in [3.63, 3.8) is 0 Å². The van der Waals surface area contributed by atoms with Gasteiger partial charge in [-0.1, -0.05) is 0 Å². The molecular weight excluding hydrogens is 471 g/mol. The number of hydrogen-bond acceptors (Lipinski definition) is 1. The van der Waals surface area contributed by atoms with Gasteiger partial charge < -0.3 is 0 Å². The Balaban J connectivity index is 1.84. The molecule has 5 heteroatoms. The Labute approximate surface area is 175 Å². The van der Waals surface area contributed by atoms with E-state index in [9.17, 15) is 0 Å². The van der Waals surface area contributed by atoms with E-state index < -0.39 is 20.8 Å². The van der Waals surface area contributed by atoms with Crippen LogP contribution >= 0.6 is 26.6 Å². The summed E-state index contributed by atoms with van der Waals surface area (Å²) in [7, 11) is 11.0. The zero-order valence-corrected chi connectivity index (χ0v) is 20.4. The van der Waals surface area contributed by atoms with E-state index >= 15 is 0 Å². The van der Waals surface area contributed by atoms with Crippen LogP contribution < -0.4 is 0 Å². The minimum absolute atomic E-state index is 0.890. The molecule has 0 spiro atoms. The monoisotopic (exact) mass is 509 g/mol. The Morgan fingerprint density at radius 3 is 1.42 bits per heavy atom. The van der Waals surface area contributed by atoms with Crippen molar-refractivity contribution in [3.8, 4) is 0 Å². The molecule has 0 aromatic carbocycles. The molecule has 0 unspecified atom stereocenters. The summed E-state index contributed by atoms with van der Waals surface area (Å²) in [5.41, 5.74) is 3.14. The summed E-state index contributed by atoms with van der Waals surface area (Å²) in [6.45, 7) is 0.890. The van der Waals surface area contributed by atoms with Crippen molar-refractivity contribution < 1.29 is 18.3 Å². The Morgan fingerprint density at radius 2 is 1.08 bits per heavy atom. The van der Waals surface area contributed by atoms with E-state index in [1.165, 1.54) is 102 Å². The van der Waals surface area contributed by atoms with Gasteiger partial charge in [-0.25, -0.2) is 0 Å². The molecule has 1 nitrogen and oxygen atoms in total. The van der Waals surface area contributed by atoms with Crippen LogP contribution in [0.1, 0.15) is 96.3 Å². The quantitative estimate of drug-likeness (QED) is 0.194. The predicted molar refractivity (Wildman–Crippen MR) is 116 cm³/mol. The standard InChI is InChI=1S/C21H38OP.2ClH.Ru/c1-22-17-18-23(19-11-5-2-6-12-19,20-13-7-3-8-14-20)21-15-9-4-10-16-21;;;/h1,19-21H,2-18H2;2*1H;/q+1;;;+2/p-2. The minimum atomic E-state index is -1.79. The third kappa shape index (κ3) is 5.75. The number of halogens is 2. The molecule has 0 atom stereocenters. The molecule has 3 fully saturated rings. The van der Waals surface area contributed by atoms with Gasteiger partial charge in [0.25, 0.3) is 0 Å². The molecule has 26 heavy (non-hydrogen) atoms. The number of hydrogen-bond donors (Lipinski definition) is 0. The van der Waals surface area contributed by atoms with Gasteiger partial charge in [-0.05, 0) is 0 Å². The summed E-state index contributed by atoms with van der Waals surface area (Å²) >= 11 is -1.79. The topological polar surface area (TPSA) is 9.23 Å². The van der Waals surface area contributed by atoms with Gasteiger partial charge in [0, 0.05) is 0 Å². The molecule has 0 N–H and O–H groups in total. The second kappa shape index (κ2) is 11.6. The maximum atomic E-state index is 6.01. The second-order valence-corrected chi connectivity index (χ2v) is 19.0. The van der Waals surface area contributed by atoms with Gasteiger partial charge in [0.1, 0.15) is 0 Å². The zero-order valence-electron chi connectivity index (χ0n) is 16.3. The van der Waals surface area contributed by atoms with Crippen molar-refractivity contribution in [2.75, 3.05) is 12.8 Å². The van der Waals surface area contributed by atoms with Gasteiger partial charge in [0.05, 0.1) is 0 Å².